The monoisotopic (exact) mass is 421 g/mol. The van der Waals surface area contributed by atoms with Crippen LogP contribution in [-0.4, -0.2) is 29.4 Å². The van der Waals surface area contributed by atoms with E-state index in [1.54, 1.807) is 0 Å². The van der Waals surface area contributed by atoms with Crippen LogP contribution in [0.3, 0.4) is 0 Å². The van der Waals surface area contributed by atoms with Crippen LogP contribution in [0.15, 0.2) is 10.5 Å². The van der Waals surface area contributed by atoms with Crippen molar-refractivity contribution in [3.63, 3.8) is 0 Å². The lowest BCUT2D eigenvalue weighted by atomic mass is 10.0. The Morgan fingerprint density at radius 2 is 1.57 bits per heavy atom. The first kappa shape index (κ1) is 26.4. The van der Waals surface area contributed by atoms with Crippen LogP contribution < -0.4 is 5.32 Å². The Labute approximate surface area is 183 Å². The Bertz CT molecular complexity index is 608. The number of aliphatic hydroxyl groups excluding tert-OH is 1. The maximum atomic E-state index is 11.9. The van der Waals surface area contributed by atoms with Gasteiger partial charge < -0.3 is 14.8 Å². The van der Waals surface area contributed by atoms with Gasteiger partial charge in [0.05, 0.1) is 6.61 Å². The molecule has 1 atom stereocenters. The van der Waals surface area contributed by atoms with Gasteiger partial charge in [0, 0.05) is 26.2 Å². The highest BCUT2D eigenvalue weighted by Gasteiger charge is 2.17. The maximum absolute atomic E-state index is 11.9. The summed E-state index contributed by atoms with van der Waals surface area (Å²) in [6.07, 6.45) is 15.3. The van der Waals surface area contributed by atoms with Crippen molar-refractivity contribution in [1.29, 1.82) is 0 Å². The number of rotatable bonds is 18. The van der Waals surface area contributed by atoms with E-state index in [1.165, 1.54) is 69.6 Å². The Hall–Kier alpha value is -1.62. The number of furan rings is 1. The van der Waals surface area contributed by atoms with Crippen molar-refractivity contribution in [3.05, 3.63) is 23.2 Å². The molecule has 0 spiro atoms. The smallest absolute Gasteiger partial charge is 0.217 e. The Morgan fingerprint density at radius 1 is 0.967 bits per heavy atom. The van der Waals surface area contributed by atoms with E-state index in [0.717, 1.165) is 37.9 Å². The molecule has 1 aromatic rings. The highest BCUT2D eigenvalue weighted by Crippen LogP contribution is 2.20. The molecule has 0 aliphatic rings. The minimum Gasteiger partial charge on any atom is -0.466 e. The van der Waals surface area contributed by atoms with Gasteiger partial charge in [0.2, 0.25) is 5.91 Å². The van der Waals surface area contributed by atoms with Crippen LogP contribution in [0.1, 0.15) is 108 Å². The lowest BCUT2D eigenvalue weighted by molar-refractivity contribution is -0.127. The molecule has 0 aliphatic heterocycles. The fraction of sp³-hybridized carbons (Fsp3) is 0.760. The summed E-state index contributed by atoms with van der Waals surface area (Å²) in [7, 11) is 0. The van der Waals surface area contributed by atoms with Crippen LogP contribution >= 0.6 is 0 Å². The van der Waals surface area contributed by atoms with E-state index in [1.807, 2.05) is 0 Å². The third-order valence-corrected chi connectivity index (χ3v) is 5.62. The number of unbranched alkanes of at least 4 members (excludes halogenated alkanes) is 9. The number of hydrogen-bond acceptors (Lipinski definition) is 4. The van der Waals surface area contributed by atoms with Gasteiger partial charge in [-0.25, -0.2) is 0 Å². The van der Waals surface area contributed by atoms with E-state index in [0.29, 0.717) is 6.42 Å². The average Bonchev–Trinajstić information content (AvgIpc) is 3.06. The minimum absolute atomic E-state index is 0.0746. The molecule has 1 amide bonds. The number of Topliss-reactive ketones (excluding diaryl/α,β-unsaturated/α-hetero) is 1. The van der Waals surface area contributed by atoms with E-state index in [4.69, 9.17) is 4.42 Å². The summed E-state index contributed by atoms with van der Waals surface area (Å²) in [6.45, 7) is 5.42. The summed E-state index contributed by atoms with van der Waals surface area (Å²) >= 11 is 0. The number of nitrogens with one attached hydrogen (secondary N) is 1. The van der Waals surface area contributed by atoms with Crippen LogP contribution in [0.2, 0.25) is 0 Å². The fourth-order valence-electron chi connectivity index (χ4n) is 3.80. The normalized spacial score (nSPS) is 12.1. The largest absolute Gasteiger partial charge is 0.466 e. The zero-order valence-electron chi connectivity index (χ0n) is 19.4. The zero-order chi connectivity index (χ0) is 22.2. The lowest BCUT2D eigenvalue weighted by Gasteiger charge is -2.13. The summed E-state index contributed by atoms with van der Waals surface area (Å²) in [5, 5.41) is 11.7. The van der Waals surface area contributed by atoms with Gasteiger partial charge in [-0.1, -0.05) is 58.3 Å². The highest BCUT2D eigenvalue weighted by atomic mass is 16.3. The van der Waals surface area contributed by atoms with Gasteiger partial charge in [-0.3, -0.25) is 9.59 Å². The first-order valence-corrected chi connectivity index (χ1v) is 12.0. The van der Waals surface area contributed by atoms with Crippen LogP contribution in [-0.2, 0) is 22.4 Å². The number of ketones is 1. The van der Waals surface area contributed by atoms with Gasteiger partial charge in [0.25, 0.3) is 0 Å². The number of carbonyl (C=O) groups is 2. The van der Waals surface area contributed by atoms with E-state index in [9.17, 15) is 14.7 Å². The molecule has 0 saturated carbocycles. The summed E-state index contributed by atoms with van der Waals surface area (Å²) in [4.78, 5) is 22.9. The van der Waals surface area contributed by atoms with Crippen molar-refractivity contribution in [3.8, 4) is 0 Å². The summed E-state index contributed by atoms with van der Waals surface area (Å²) < 4.78 is 6.03. The van der Waals surface area contributed by atoms with Crippen LogP contribution in [0, 0.1) is 6.92 Å². The molecule has 0 fully saturated rings. The van der Waals surface area contributed by atoms with Crippen molar-refractivity contribution in [2.75, 3.05) is 6.61 Å². The Kier molecular flexibility index (Phi) is 14.2. The predicted octanol–water partition coefficient (Wildman–Crippen LogP) is 5.44. The topological polar surface area (TPSA) is 79.5 Å². The second kappa shape index (κ2) is 16.1. The van der Waals surface area contributed by atoms with Gasteiger partial charge in [0.1, 0.15) is 17.6 Å². The molecule has 0 aromatic carbocycles. The van der Waals surface area contributed by atoms with Gasteiger partial charge in [-0.2, -0.15) is 0 Å². The first-order valence-electron chi connectivity index (χ1n) is 12.0. The van der Waals surface area contributed by atoms with Crippen LogP contribution in [0.25, 0.3) is 0 Å². The second-order valence-electron chi connectivity index (χ2n) is 8.51. The van der Waals surface area contributed by atoms with Gasteiger partial charge in [-0.15, -0.1) is 0 Å². The number of aliphatic hydroxyl groups is 1. The van der Waals surface area contributed by atoms with Gasteiger partial charge in [-0.05, 0) is 37.8 Å². The molecule has 0 bridgehead atoms. The molecule has 0 radical (unpaired) electrons. The first-order chi connectivity index (χ1) is 14.5. The minimum atomic E-state index is -0.743. The van der Waals surface area contributed by atoms with Crippen molar-refractivity contribution in [2.45, 2.75) is 117 Å². The molecule has 172 valence electrons. The molecular weight excluding hydrogens is 378 g/mol. The Morgan fingerprint density at radius 3 is 2.17 bits per heavy atom. The van der Waals surface area contributed by atoms with E-state index in [-0.39, 0.29) is 18.3 Å². The number of amides is 1. The molecule has 0 aliphatic carbocycles. The van der Waals surface area contributed by atoms with Crippen molar-refractivity contribution in [2.24, 2.45) is 0 Å². The molecule has 5 heteroatoms. The van der Waals surface area contributed by atoms with Gasteiger partial charge >= 0.3 is 0 Å². The summed E-state index contributed by atoms with van der Waals surface area (Å²) in [6, 6.07) is 1.48. The van der Waals surface area contributed by atoms with Crippen LogP contribution in [0.5, 0.6) is 0 Å². The maximum Gasteiger partial charge on any atom is 0.217 e. The number of carbonyl (C=O) groups excluding carboxylic acids is 2. The van der Waals surface area contributed by atoms with Crippen molar-refractivity contribution >= 4 is 11.7 Å². The summed E-state index contributed by atoms with van der Waals surface area (Å²) in [5.41, 5.74) is 1.31. The molecule has 1 heterocycles. The predicted molar refractivity (Wildman–Crippen MR) is 122 cm³/mol. The third kappa shape index (κ3) is 11.5. The van der Waals surface area contributed by atoms with Crippen LogP contribution in [0.4, 0.5) is 0 Å². The number of hydrogen-bond donors (Lipinski definition) is 2. The fourth-order valence-corrected chi connectivity index (χ4v) is 3.80. The third-order valence-electron chi connectivity index (χ3n) is 5.62. The quantitative estimate of drug-likeness (QED) is 0.309. The molecular formula is C25H43NO4. The second-order valence-corrected chi connectivity index (χ2v) is 8.51. The van der Waals surface area contributed by atoms with Gasteiger partial charge in [0.15, 0.2) is 5.78 Å². The van der Waals surface area contributed by atoms with E-state index >= 15 is 0 Å². The molecule has 5 nitrogen and oxygen atoms in total. The number of aryl methyl sites for hydroxylation is 3. The van der Waals surface area contributed by atoms with Crippen molar-refractivity contribution in [1.82, 2.24) is 5.32 Å². The lowest BCUT2D eigenvalue weighted by Crippen LogP contribution is -2.42. The van der Waals surface area contributed by atoms with E-state index in [2.05, 4.69) is 25.2 Å². The molecule has 1 unspecified atom stereocenters. The molecule has 30 heavy (non-hydrogen) atoms. The van der Waals surface area contributed by atoms with Crippen molar-refractivity contribution < 1.29 is 19.1 Å². The summed E-state index contributed by atoms with van der Waals surface area (Å²) in [5.74, 6) is 1.97. The molecule has 1 aromatic heterocycles. The molecule has 2 N–H and O–H groups in total. The average molecular weight is 422 g/mol. The Balaban J connectivity index is 2.02. The molecule has 0 saturated heterocycles. The highest BCUT2D eigenvalue weighted by molar-refractivity contribution is 5.88. The SMILES string of the molecule is CCCCCc1oc(CCCCCCCCCCC(=O)C(CO)NC(C)=O)cc1C. The molecule has 1 rings (SSSR count). The standard InChI is InChI=1S/C25H43NO4/c1-4-5-12-17-25-20(2)18-22(30-25)15-13-10-8-6-7-9-11-14-16-24(29)23(19-27)26-21(3)28/h18,23,27H,4-17,19H2,1-3H3,(H,26,28). The van der Waals surface area contributed by atoms with E-state index < -0.39 is 6.04 Å². The zero-order valence-corrected chi connectivity index (χ0v) is 19.4.